The Morgan fingerprint density at radius 1 is 0.594 bits per heavy atom. The smallest absolute Gasteiger partial charge is 0.416 e. The summed E-state index contributed by atoms with van der Waals surface area (Å²) in [4.78, 5) is 39.8. The number of alkyl halides is 6. The Hall–Kier alpha value is -6.82. The van der Waals surface area contributed by atoms with Gasteiger partial charge >= 0.3 is 24.4 Å². The molecule has 0 atom stereocenters. The van der Waals surface area contributed by atoms with E-state index in [2.05, 4.69) is 43.0 Å². The van der Waals surface area contributed by atoms with Crippen LogP contribution in [-0.2, 0) is 25.6 Å². The first-order valence-electron chi connectivity index (χ1n) is 21.9. The van der Waals surface area contributed by atoms with Crippen LogP contribution in [-0.4, -0.2) is 108 Å². The first kappa shape index (κ1) is 51.6. The summed E-state index contributed by atoms with van der Waals surface area (Å²) in [6.45, 7) is 8.42. The van der Waals surface area contributed by atoms with E-state index >= 15 is 0 Å². The molecule has 6 heterocycles. The summed E-state index contributed by atoms with van der Waals surface area (Å²) in [5, 5.41) is 5.18. The van der Waals surface area contributed by atoms with Gasteiger partial charge in [-0.1, -0.05) is 50.2 Å². The maximum Gasteiger partial charge on any atom is 0.416 e. The molecule has 0 bridgehead atoms. The van der Waals surface area contributed by atoms with Crippen molar-refractivity contribution in [2.45, 2.75) is 58.3 Å². The zero-order valence-corrected chi connectivity index (χ0v) is 39.2. The van der Waals surface area contributed by atoms with Crippen molar-refractivity contribution in [3.8, 4) is 11.8 Å². The van der Waals surface area contributed by atoms with E-state index in [1.54, 1.807) is 36.9 Å². The number of carbonyl (C=O) groups is 2. The highest BCUT2D eigenvalue weighted by Gasteiger charge is 2.37. The largest absolute Gasteiger partial charge is 0.470 e. The van der Waals surface area contributed by atoms with Gasteiger partial charge in [-0.05, 0) is 66.4 Å². The highest BCUT2D eigenvalue weighted by atomic mass is 32.1. The monoisotopic (exact) mass is 1000 g/mol. The lowest BCUT2D eigenvalue weighted by Gasteiger charge is -2.34. The number of rotatable bonds is 10. The topological polar surface area (TPSA) is 167 Å². The molecule has 0 spiro atoms. The van der Waals surface area contributed by atoms with Crippen molar-refractivity contribution in [1.29, 1.82) is 0 Å². The zero-order valence-electron chi connectivity index (χ0n) is 37.6. The Balaban J connectivity index is 0.000000204. The number of carbonyl (C=O) groups excluding carboxylic acids is 2. The number of hydrogen-bond acceptors (Lipinski definition) is 14. The van der Waals surface area contributed by atoms with Crippen molar-refractivity contribution in [3.05, 3.63) is 126 Å². The van der Waals surface area contributed by atoms with Crippen LogP contribution in [0.25, 0.3) is 0 Å². The molecule has 2 aliphatic heterocycles. The number of halogens is 6. The molecule has 3 fully saturated rings. The van der Waals surface area contributed by atoms with E-state index in [4.69, 9.17) is 9.47 Å². The highest BCUT2D eigenvalue weighted by Crippen LogP contribution is 2.38. The van der Waals surface area contributed by atoms with Gasteiger partial charge in [0.1, 0.15) is 13.2 Å². The number of pyridine rings is 2. The number of urea groups is 2. The fourth-order valence-electron chi connectivity index (χ4n) is 6.53. The molecule has 4 amide bonds. The highest BCUT2D eigenvalue weighted by molar-refractivity contribution is 6.99. The van der Waals surface area contributed by atoms with E-state index in [9.17, 15) is 35.9 Å². The third kappa shape index (κ3) is 15.9. The van der Waals surface area contributed by atoms with E-state index < -0.39 is 35.2 Å². The van der Waals surface area contributed by atoms with Crippen molar-refractivity contribution in [2.75, 3.05) is 67.5 Å². The van der Waals surface area contributed by atoms with Gasteiger partial charge in [0.2, 0.25) is 11.6 Å². The molecule has 6 aromatic rings. The van der Waals surface area contributed by atoms with Crippen LogP contribution >= 0.6 is 23.5 Å². The summed E-state index contributed by atoms with van der Waals surface area (Å²) >= 11 is 2.10. The summed E-state index contributed by atoms with van der Waals surface area (Å²) in [5.41, 5.74) is -1.69. The predicted molar refractivity (Wildman–Crippen MR) is 249 cm³/mol. The third-order valence-corrected chi connectivity index (χ3v) is 11.3. The van der Waals surface area contributed by atoms with E-state index in [0.29, 0.717) is 68.5 Å². The molecule has 24 heteroatoms. The van der Waals surface area contributed by atoms with Gasteiger partial charge < -0.3 is 39.7 Å². The quantitative estimate of drug-likeness (QED) is 0.125. The van der Waals surface area contributed by atoms with Crippen molar-refractivity contribution in [2.24, 2.45) is 0 Å². The van der Waals surface area contributed by atoms with E-state index in [1.165, 1.54) is 4.90 Å². The second-order valence-electron chi connectivity index (χ2n) is 15.1. The summed E-state index contributed by atoms with van der Waals surface area (Å²) in [6.07, 6.45) is -1.06. The maximum atomic E-state index is 13.1. The molecule has 69 heavy (non-hydrogen) atoms. The normalized spacial score (nSPS) is 14.7. The van der Waals surface area contributed by atoms with Crippen LogP contribution in [0.3, 0.4) is 0 Å². The molecule has 368 valence electrons. The van der Waals surface area contributed by atoms with Gasteiger partial charge in [-0.25, -0.2) is 9.59 Å². The number of aromatic nitrogens is 6. The second kappa shape index (κ2) is 25.0. The van der Waals surface area contributed by atoms with Crippen molar-refractivity contribution < 1.29 is 45.4 Å². The Morgan fingerprint density at radius 2 is 0.986 bits per heavy atom. The molecule has 2 saturated heterocycles. The predicted octanol–water partition coefficient (Wildman–Crippen LogP) is 9.12. The van der Waals surface area contributed by atoms with E-state index in [1.807, 2.05) is 72.2 Å². The Kier molecular flexibility index (Phi) is 18.7. The van der Waals surface area contributed by atoms with Gasteiger partial charge in [0, 0.05) is 88.9 Å². The molecule has 3 aliphatic rings. The van der Waals surface area contributed by atoms with Gasteiger partial charge in [0.05, 0.1) is 34.6 Å². The fourth-order valence-corrected chi connectivity index (χ4v) is 7.57. The number of nitrogens with one attached hydrogen (secondary N) is 2. The Bertz CT molecular complexity index is 2410. The SMILES string of the molecule is CC.O=C(NC1CC1)N1CCN(c2nsnc2OCc2ccncc2)CC1.O=C(Nc1cc(C(F)(F)F)cc(C(F)(F)F)c1)N1CCN(c2nsnc2OCc2ccncc2)CC1.c1ccccc1. The molecule has 2 N–H and O–H groups in total. The molecule has 1 saturated carbocycles. The summed E-state index contributed by atoms with van der Waals surface area (Å²) in [6, 6.07) is 20.0. The zero-order chi connectivity index (χ0) is 49.2. The third-order valence-electron chi connectivity index (χ3n) is 10.3. The standard InChI is InChI=1S/C21H18F6N6O2S.C16H20N6O2S.C6H6.C2H6/c22-20(23,24)14-9-15(21(25,26)27)11-16(10-14)29-19(34)33-7-5-32(6-8-33)17-18(31-36-30-17)35-12-13-1-3-28-4-2-13;23-16(18-13-1-2-13)22-9-7-21(8-10-22)14-15(20-25-19-14)24-11-12-3-5-17-6-4-12;1-2-4-6-5-3-1;1-2/h1-4,9-11H,5-8,12H2,(H,29,34);3-6,13H,1-2,7-11H2,(H,18,23);1-6H;1-2H3. The average Bonchev–Trinajstić information content (AvgIpc) is 3.84. The number of hydrogen-bond donors (Lipinski definition) is 2. The number of anilines is 3. The van der Waals surface area contributed by atoms with Crippen molar-refractivity contribution >= 4 is 52.8 Å². The average molecular weight is 1000 g/mol. The van der Waals surface area contributed by atoms with Gasteiger partial charge in [-0.3, -0.25) is 9.97 Å². The van der Waals surface area contributed by atoms with E-state index in [0.717, 1.165) is 66.3 Å². The number of ether oxygens (including phenoxy) is 2. The van der Waals surface area contributed by atoms with Crippen LogP contribution in [0.5, 0.6) is 11.8 Å². The molecule has 9 rings (SSSR count). The molecule has 1 aliphatic carbocycles. The number of piperazine rings is 2. The van der Waals surface area contributed by atoms with Crippen LogP contribution in [0.15, 0.2) is 104 Å². The Morgan fingerprint density at radius 3 is 1.36 bits per heavy atom. The second-order valence-corrected chi connectivity index (χ2v) is 16.2. The van der Waals surface area contributed by atoms with E-state index in [-0.39, 0.29) is 31.8 Å². The van der Waals surface area contributed by atoms with Crippen LogP contribution in [0.4, 0.5) is 53.3 Å². The fraction of sp³-hybridized carbons (Fsp3) is 0.378. The first-order chi connectivity index (χ1) is 33.3. The van der Waals surface area contributed by atoms with Crippen LogP contribution < -0.4 is 29.9 Å². The lowest BCUT2D eigenvalue weighted by Crippen LogP contribution is -2.52. The lowest BCUT2D eigenvalue weighted by molar-refractivity contribution is -0.143. The van der Waals surface area contributed by atoms with Crippen molar-refractivity contribution in [1.82, 2.24) is 42.6 Å². The van der Waals surface area contributed by atoms with Crippen LogP contribution in [0, 0.1) is 0 Å². The summed E-state index contributed by atoms with van der Waals surface area (Å²) < 4.78 is 107. The summed E-state index contributed by atoms with van der Waals surface area (Å²) in [7, 11) is 0. The number of benzene rings is 2. The Labute approximate surface area is 402 Å². The van der Waals surface area contributed by atoms with Crippen LogP contribution in [0.1, 0.15) is 48.9 Å². The van der Waals surface area contributed by atoms with Crippen molar-refractivity contribution in [3.63, 3.8) is 0 Å². The van der Waals surface area contributed by atoms with Gasteiger partial charge in [-0.15, -0.1) is 8.75 Å². The number of amides is 4. The molecule has 16 nitrogen and oxygen atoms in total. The summed E-state index contributed by atoms with van der Waals surface area (Å²) in [5.74, 6) is 2.12. The maximum absolute atomic E-state index is 13.1. The first-order valence-corrected chi connectivity index (χ1v) is 23.4. The minimum Gasteiger partial charge on any atom is -0.470 e. The molecule has 4 aromatic heterocycles. The van der Waals surface area contributed by atoms with Gasteiger partial charge in [0.15, 0.2) is 0 Å². The molecular weight excluding hydrogens is 951 g/mol. The lowest BCUT2D eigenvalue weighted by atomic mass is 10.1. The molecule has 2 aromatic carbocycles. The molecule has 0 unspecified atom stereocenters. The molecular formula is C45H50F6N12O4S2. The minimum atomic E-state index is -5.01. The van der Waals surface area contributed by atoms with Gasteiger partial charge in [0.25, 0.3) is 11.8 Å². The number of nitrogens with zero attached hydrogens (tertiary/aromatic N) is 10. The minimum absolute atomic E-state index is 0.00462. The molecule has 0 radical (unpaired) electrons. The van der Waals surface area contributed by atoms with Crippen LogP contribution in [0.2, 0.25) is 0 Å². The van der Waals surface area contributed by atoms with Gasteiger partial charge in [-0.2, -0.15) is 35.1 Å².